The molecule has 6 nitrogen and oxygen atoms in total. The lowest BCUT2D eigenvalue weighted by atomic mass is 9.83. The van der Waals surface area contributed by atoms with Gasteiger partial charge in [-0.3, -0.25) is 9.59 Å². The van der Waals surface area contributed by atoms with Crippen LogP contribution in [0.2, 0.25) is 0 Å². The van der Waals surface area contributed by atoms with Crippen molar-refractivity contribution in [1.29, 1.82) is 0 Å². The van der Waals surface area contributed by atoms with Gasteiger partial charge in [0.05, 0.1) is 13.5 Å². The molecule has 0 saturated carbocycles. The topological polar surface area (TPSA) is 72.9 Å². The average molecular weight is 387 g/mol. The van der Waals surface area contributed by atoms with Crippen molar-refractivity contribution in [2.24, 2.45) is 11.8 Å². The summed E-state index contributed by atoms with van der Waals surface area (Å²) in [6.07, 6.45) is 0.00708. The second kappa shape index (κ2) is 8.59. The van der Waals surface area contributed by atoms with Gasteiger partial charge >= 0.3 is 11.9 Å². The summed E-state index contributed by atoms with van der Waals surface area (Å²) >= 11 is 0. The van der Waals surface area contributed by atoms with E-state index in [1.54, 1.807) is 45.0 Å². The van der Waals surface area contributed by atoms with E-state index in [1.807, 2.05) is 13.0 Å². The maximum Gasteiger partial charge on any atom is 0.328 e. The van der Waals surface area contributed by atoms with Crippen molar-refractivity contribution < 1.29 is 23.9 Å². The van der Waals surface area contributed by atoms with Crippen molar-refractivity contribution in [3.63, 3.8) is 0 Å². The van der Waals surface area contributed by atoms with Crippen molar-refractivity contribution >= 4 is 17.8 Å². The summed E-state index contributed by atoms with van der Waals surface area (Å²) in [5, 5.41) is 0. The zero-order valence-electron chi connectivity index (χ0n) is 17.2. The van der Waals surface area contributed by atoms with Gasteiger partial charge in [-0.2, -0.15) is 0 Å². The average Bonchev–Trinajstić information content (AvgIpc) is 2.98. The third kappa shape index (κ3) is 5.00. The number of nitrogens with zero attached hydrogens (tertiary/aromatic N) is 1. The summed E-state index contributed by atoms with van der Waals surface area (Å²) in [5.41, 5.74) is 0.662. The Morgan fingerprint density at radius 3 is 2.29 bits per heavy atom. The molecule has 0 unspecified atom stereocenters. The van der Waals surface area contributed by atoms with Gasteiger partial charge in [-0.1, -0.05) is 30.4 Å². The number of esters is 2. The second-order valence-electron chi connectivity index (χ2n) is 8.20. The van der Waals surface area contributed by atoms with Gasteiger partial charge in [-0.25, -0.2) is 4.79 Å². The first kappa shape index (κ1) is 21.7. The third-order valence-electron chi connectivity index (χ3n) is 4.83. The smallest absolute Gasteiger partial charge is 0.328 e. The van der Waals surface area contributed by atoms with E-state index in [4.69, 9.17) is 9.47 Å². The van der Waals surface area contributed by atoms with Crippen LogP contribution in [-0.4, -0.2) is 48.0 Å². The van der Waals surface area contributed by atoms with E-state index < -0.39 is 29.5 Å². The van der Waals surface area contributed by atoms with E-state index in [0.717, 1.165) is 5.57 Å². The fourth-order valence-electron chi connectivity index (χ4n) is 3.64. The highest BCUT2D eigenvalue weighted by atomic mass is 16.6. The summed E-state index contributed by atoms with van der Waals surface area (Å²) in [5.74, 6) is -1.88. The molecule has 0 aromatic heterocycles. The fraction of sp³-hybridized carbons (Fsp3) is 0.500. The monoisotopic (exact) mass is 387 g/mol. The molecule has 1 heterocycles. The van der Waals surface area contributed by atoms with E-state index in [-0.39, 0.29) is 18.2 Å². The SMILES string of the molecule is C=C(C)[C@H]1CN(C(=O)c2ccccc2)[C@H](C(=O)OC)[C@H]1CC(=O)OC(C)(C)C. The number of benzene rings is 1. The van der Waals surface area contributed by atoms with Crippen molar-refractivity contribution in [3.05, 3.63) is 48.0 Å². The fourth-order valence-corrected chi connectivity index (χ4v) is 3.64. The minimum Gasteiger partial charge on any atom is -0.467 e. The lowest BCUT2D eigenvalue weighted by Crippen LogP contribution is -2.44. The van der Waals surface area contributed by atoms with Crippen LogP contribution < -0.4 is 0 Å². The molecular weight excluding hydrogens is 358 g/mol. The summed E-state index contributed by atoms with van der Waals surface area (Å²) < 4.78 is 10.4. The lowest BCUT2D eigenvalue weighted by molar-refractivity contribution is -0.157. The largest absolute Gasteiger partial charge is 0.467 e. The van der Waals surface area contributed by atoms with Gasteiger partial charge in [-0.15, -0.1) is 0 Å². The van der Waals surface area contributed by atoms with Crippen LogP contribution in [0.25, 0.3) is 0 Å². The first-order valence-electron chi connectivity index (χ1n) is 9.36. The molecule has 1 aromatic rings. The van der Waals surface area contributed by atoms with Gasteiger partial charge in [-0.05, 0) is 39.8 Å². The standard InChI is InChI=1S/C22H29NO5/c1-14(2)17-13-23(20(25)15-10-8-7-9-11-15)19(21(26)27-6)16(17)12-18(24)28-22(3,4)5/h7-11,16-17,19H,1,12-13H2,2-6H3/t16-,17+,19-/m0/s1. The maximum atomic E-state index is 13.1. The molecule has 1 aromatic carbocycles. The highest BCUT2D eigenvalue weighted by Gasteiger charge is 2.49. The molecular formula is C22H29NO5. The zero-order valence-corrected chi connectivity index (χ0v) is 17.2. The summed E-state index contributed by atoms with van der Waals surface area (Å²) in [6, 6.07) is 7.89. The normalized spacial score (nSPS) is 21.9. The number of amides is 1. The number of ether oxygens (including phenoxy) is 2. The molecule has 0 spiro atoms. The number of carbonyl (C=O) groups is 3. The Morgan fingerprint density at radius 2 is 1.79 bits per heavy atom. The predicted molar refractivity (Wildman–Crippen MR) is 106 cm³/mol. The number of hydrogen-bond donors (Lipinski definition) is 0. The maximum absolute atomic E-state index is 13.1. The van der Waals surface area contributed by atoms with Crippen LogP contribution in [0.3, 0.4) is 0 Å². The molecule has 0 bridgehead atoms. The highest BCUT2D eigenvalue weighted by Crippen LogP contribution is 2.38. The van der Waals surface area contributed by atoms with E-state index in [9.17, 15) is 14.4 Å². The van der Waals surface area contributed by atoms with Crippen LogP contribution in [0.15, 0.2) is 42.5 Å². The minimum atomic E-state index is -0.869. The van der Waals surface area contributed by atoms with E-state index >= 15 is 0 Å². The predicted octanol–water partition coefficient (Wildman–Crippen LogP) is 3.22. The summed E-state index contributed by atoms with van der Waals surface area (Å²) in [7, 11) is 1.28. The Labute approximate surface area is 166 Å². The van der Waals surface area contributed by atoms with Gasteiger partial charge in [0.1, 0.15) is 11.6 Å². The van der Waals surface area contributed by atoms with Crippen molar-refractivity contribution in [2.75, 3.05) is 13.7 Å². The van der Waals surface area contributed by atoms with E-state index in [1.165, 1.54) is 12.0 Å². The third-order valence-corrected chi connectivity index (χ3v) is 4.83. The number of carbonyl (C=O) groups excluding carboxylic acids is 3. The van der Waals surface area contributed by atoms with E-state index in [2.05, 4.69) is 6.58 Å². The quantitative estimate of drug-likeness (QED) is 0.573. The summed E-state index contributed by atoms with van der Waals surface area (Å²) in [6.45, 7) is 11.5. The molecule has 152 valence electrons. The molecule has 1 aliphatic rings. The van der Waals surface area contributed by atoms with Crippen LogP contribution >= 0.6 is 0 Å². The van der Waals surface area contributed by atoms with Crippen LogP contribution in [0, 0.1) is 11.8 Å². The Kier molecular flexibility index (Phi) is 6.65. The molecule has 28 heavy (non-hydrogen) atoms. The molecule has 1 aliphatic heterocycles. The van der Waals surface area contributed by atoms with Gasteiger partial charge in [0.25, 0.3) is 5.91 Å². The van der Waals surface area contributed by atoms with Crippen molar-refractivity contribution in [1.82, 2.24) is 4.90 Å². The zero-order chi connectivity index (χ0) is 21.1. The molecule has 2 rings (SSSR count). The summed E-state index contributed by atoms with van der Waals surface area (Å²) in [4.78, 5) is 39.7. The first-order valence-corrected chi connectivity index (χ1v) is 9.36. The van der Waals surface area contributed by atoms with Crippen LogP contribution in [0.5, 0.6) is 0 Å². The molecule has 0 aliphatic carbocycles. The molecule has 0 N–H and O–H groups in total. The van der Waals surface area contributed by atoms with Gasteiger partial charge in [0, 0.05) is 23.9 Å². The van der Waals surface area contributed by atoms with Crippen molar-refractivity contribution in [3.8, 4) is 0 Å². The van der Waals surface area contributed by atoms with Gasteiger partial charge in [0.2, 0.25) is 0 Å². The number of methoxy groups -OCH3 is 1. The number of likely N-dealkylation sites (tertiary alicyclic amines) is 1. The number of rotatable bonds is 5. The number of hydrogen-bond acceptors (Lipinski definition) is 5. The van der Waals surface area contributed by atoms with Crippen molar-refractivity contribution in [2.45, 2.75) is 45.8 Å². The van der Waals surface area contributed by atoms with Gasteiger partial charge in [0.15, 0.2) is 0 Å². The molecule has 1 saturated heterocycles. The molecule has 1 amide bonds. The van der Waals surface area contributed by atoms with E-state index in [0.29, 0.717) is 12.1 Å². The Balaban J connectivity index is 2.37. The van der Waals surface area contributed by atoms with Gasteiger partial charge < -0.3 is 14.4 Å². The molecule has 6 heteroatoms. The first-order chi connectivity index (χ1) is 13.0. The Bertz CT molecular complexity index is 750. The van der Waals surface area contributed by atoms with Crippen LogP contribution in [0.4, 0.5) is 0 Å². The van der Waals surface area contributed by atoms with Crippen LogP contribution in [-0.2, 0) is 19.1 Å². The molecule has 1 fully saturated rings. The lowest BCUT2D eigenvalue weighted by Gasteiger charge is -2.27. The Morgan fingerprint density at radius 1 is 1.18 bits per heavy atom. The second-order valence-corrected chi connectivity index (χ2v) is 8.20. The Hall–Kier alpha value is -2.63. The minimum absolute atomic E-state index is 0.00708. The van der Waals surface area contributed by atoms with Crippen LogP contribution in [0.1, 0.15) is 44.5 Å². The molecule has 3 atom stereocenters. The molecule has 0 radical (unpaired) electrons. The highest BCUT2D eigenvalue weighted by molar-refractivity contribution is 5.97.